The van der Waals surface area contributed by atoms with Gasteiger partial charge in [0, 0.05) is 5.54 Å². The van der Waals surface area contributed by atoms with Crippen molar-refractivity contribution in [3.8, 4) is 0 Å². The van der Waals surface area contributed by atoms with Crippen LogP contribution in [0, 0.1) is 0 Å². The molecule has 2 aromatic rings. The summed E-state index contributed by atoms with van der Waals surface area (Å²) in [5.74, 6) is 0.259. The topological polar surface area (TPSA) is 90.7 Å². The highest BCUT2D eigenvalue weighted by molar-refractivity contribution is 5.21. The van der Waals surface area contributed by atoms with E-state index in [1.54, 1.807) is 0 Å². The molecule has 0 spiro atoms. The Morgan fingerprint density at radius 1 is 1.00 bits per heavy atom. The fourth-order valence-corrected chi connectivity index (χ4v) is 1.12. The van der Waals surface area contributed by atoms with Gasteiger partial charge in [0.05, 0.1) is 0 Å². The second-order valence-electron chi connectivity index (χ2n) is 4.08. The molecule has 0 aliphatic carbocycles. The molecule has 0 amide bonds. The fraction of sp³-hybridized carbons (Fsp3) is 0.250. The zero-order chi connectivity index (χ0) is 12.7. The van der Waals surface area contributed by atoms with Gasteiger partial charge in [0.1, 0.15) is 12.7 Å². The van der Waals surface area contributed by atoms with Crippen molar-refractivity contribution < 1.29 is 0 Å². The number of aromatic nitrogens is 3. The largest absolute Gasteiger partial charge is 0.368 e. The molecule has 0 aliphatic heterocycles. The van der Waals surface area contributed by atoms with Gasteiger partial charge in [-0.1, -0.05) is 30.3 Å². The van der Waals surface area contributed by atoms with E-state index < -0.39 is 0 Å². The van der Waals surface area contributed by atoms with E-state index in [1.165, 1.54) is 18.2 Å². The monoisotopic (exact) mass is 231 g/mol. The zero-order valence-corrected chi connectivity index (χ0v) is 10.0. The number of nitrogens with zero attached hydrogens (tertiary/aromatic N) is 3. The number of anilines is 1. The van der Waals surface area contributed by atoms with Crippen LogP contribution in [0.2, 0.25) is 0 Å². The van der Waals surface area contributed by atoms with Crippen molar-refractivity contribution in [2.75, 3.05) is 5.73 Å². The van der Waals surface area contributed by atoms with Crippen molar-refractivity contribution in [1.82, 2.24) is 15.0 Å². The Kier molecular flexibility index (Phi) is 4.54. The van der Waals surface area contributed by atoms with Crippen molar-refractivity contribution in [1.29, 1.82) is 0 Å². The Morgan fingerprint density at radius 3 is 1.82 bits per heavy atom. The minimum atomic E-state index is -0.207. The molecule has 0 fully saturated rings. The standard InChI is InChI=1S/C9H13N.C3H4N4/c1-9(2,10)8-6-4-3-5-7-8;4-3-6-1-5-2-7-3/h3-7H,10H2,1-2H3;1-2H,(H2,4,5,6,7). The number of nitrogen functional groups attached to an aromatic ring is 1. The first-order chi connectivity index (χ1) is 8.00. The Balaban J connectivity index is 0.000000181. The van der Waals surface area contributed by atoms with Crippen LogP contribution in [0.25, 0.3) is 0 Å². The SMILES string of the molecule is CC(C)(N)c1ccccc1.Nc1ncncn1. The lowest BCUT2D eigenvalue weighted by Gasteiger charge is -2.18. The van der Waals surface area contributed by atoms with Crippen LogP contribution in [0.5, 0.6) is 0 Å². The molecule has 90 valence electrons. The molecule has 0 bridgehead atoms. The first-order valence-electron chi connectivity index (χ1n) is 5.22. The van der Waals surface area contributed by atoms with Gasteiger partial charge in [0.25, 0.3) is 0 Å². The molecule has 4 N–H and O–H groups in total. The van der Waals surface area contributed by atoms with E-state index in [1.807, 2.05) is 44.2 Å². The molecule has 5 heteroatoms. The molecule has 1 aromatic heterocycles. The molecule has 0 unspecified atom stereocenters. The number of nitrogens with two attached hydrogens (primary N) is 2. The summed E-state index contributed by atoms with van der Waals surface area (Å²) >= 11 is 0. The Labute approximate surface area is 101 Å². The smallest absolute Gasteiger partial charge is 0.222 e. The molecule has 1 aromatic carbocycles. The second kappa shape index (κ2) is 5.91. The van der Waals surface area contributed by atoms with E-state index in [9.17, 15) is 0 Å². The lowest BCUT2D eigenvalue weighted by Crippen LogP contribution is -2.28. The summed E-state index contributed by atoms with van der Waals surface area (Å²) in [7, 11) is 0. The van der Waals surface area contributed by atoms with E-state index in [2.05, 4.69) is 15.0 Å². The van der Waals surface area contributed by atoms with Crippen molar-refractivity contribution >= 4 is 5.95 Å². The molecule has 0 radical (unpaired) electrons. The fourth-order valence-electron chi connectivity index (χ4n) is 1.12. The lowest BCUT2D eigenvalue weighted by atomic mass is 9.96. The molecule has 5 nitrogen and oxygen atoms in total. The first kappa shape index (κ1) is 13.1. The van der Waals surface area contributed by atoms with Crippen LogP contribution in [0.15, 0.2) is 43.0 Å². The van der Waals surface area contributed by atoms with Gasteiger partial charge in [-0.3, -0.25) is 0 Å². The molecule has 0 aliphatic rings. The van der Waals surface area contributed by atoms with Gasteiger partial charge < -0.3 is 11.5 Å². The number of hydrogen-bond donors (Lipinski definition) is 2. The van der Waals surface area contributed by atoms with Gasteiger partial charge in [-0.15, -0.1) is 0 Å². The molecule has 2 rings (SSSR count). The summed E-state index contributed by atoms with van der Waals surface area (Å²) < 4.78 is 0. The van der Waals surface area contributed by atoms with Crippen molar-refractivity contribution in [3.05, 3.63) is 48.5 Å². The molecule has 0 saturated carbocycles. The third kappa shape index (κ3) is 5.03. The van der Waals surface area contributed by atoms with Crippen molar-refractivity contribution in [2.45, 2.75) is 19.4 Å². The highest BCUT2D eigenvalue weighted by atomic mass is 15.0. The summed E-state index contributed by atoms with van der Waals surface area (Å²) in [5, 5.41) is 0. The maximum atomic E-state index is 5.86. The van der Waals surface area contributed by atoms with Crippen molar-refractivity contribution in [3.63, 3.8) is 0 Å². The Morgan fingerprint density at radius 2 is 1.53 bits per heavy atom. The minimum Gasteiger partial charge on any atom is -0.368 e. The predicted molar refractivity (Wildman–Crippen MR) is 67.9 cm³/mol. The molecule has 0 saturated heterocycles. The Hall–Kier alpha value is -2.01. The normalized spacial score (nSPS) is 10.3. The van der Waals surface area contributed by atoms with E-state index in [0.717, 1.165) is 0 Å². The average Bonchev–Trinajstić information content (AvgIpc) is 2.31. The van der Waals surface area contributed by atoms with Gasteiger partial charge in [0.2, 0.25) is 5.95 Å². The van der Waals surface area contributed by atoms with E-state index in [4.69, 9.17) is 11.5 Å². The highest BCUT2D eigenvalue weighted by Crippen LogP contribution is 2.14. The van der Waals surface area contributed by atoms with E-state index >= 15 is 0 Å². The average molecular weight is 231 g/mol. The van der Waals surface area contributed by atoms with Crippen LogP contribution in [-0.4, -0.2) is 15.0 Å². The third-order valence-corrected chi connectivity index (χ3v) is 2.03. The molecular weight excluding hydrogens is 214 g/mol. The summed E-state index contributed by atoms with van der Waals surface area (Å²) in [6, 6.07) is 10.1. The second-order valence-corrected chi connectivity index (χ2v) is 4.08. The number of hydrogen-bond acceptors (Lipinski definition) is 5. The summed E-state index contributed by atoms with van der Waals surface area (Å²) in [6.07, 6.45) is 2.70. The van der Waals surface area contributed by atoms with Gasteiger partial charge in [-0.25, -0.2) is 15.0 Å². The van der Waals surface area contributed by atoms with E-state index in [-0.39, 0.29) is 11.5 Å². The van der Waals surface area contributed by atoms with Crippen LogP contribution in [0.3, 0.4) is 0 Å². The van der Waals surface area contributed by atoms with Crippen molar-refractivity contribution in [2.24, 2.45) is 5.73 Å². The van der Waals surface area contributed by atoms with Crippen LogP contribution < -0.4 is 11.5 Å². The minimum absolute atomic E-state index is 0.207. The number of rotatable bonds is 1. The molecular formula is C12H17N5. The number of benzene rings is 1. The van der Waals surface area contributed by atoms with Gasteiger partial charge in [0.15, 0.2) is 0 Å². The van der Waals surface area contributed by atoms with Gasteiger partial charge in [-0.2, -0.15) is 0 Å². The van der Waals surface area contributed by atoms with Crippen LogP contribution in [-0.2, 0) is 5.54 Å². The zero-order valence-electron chi connectivity index (χ0n) is 10.0. The quantitative estimate of drug-likeness (QED) is 0.772. The summed E-state index contributed by atoms with van der Waals surface area (Å²) in [6.45, 7) is 4.00. The summed E-state index contributed by atoms with van der Waals surface area (Å²) in [4.78, 5) is 10.6. The molecule has 1 heterocycles. The van der Waals surface area contributed by atoms with Gasteiger partial charge in [-0.05, 0) is 19.4 Å². The summed E-state index contributed by atoms with van der Waals surface area (Å²) in [5.41, 5.74) is 11.9. The maximum Gasteiger partial charge on any atom is 0.222 e. The van der Waals surface area contributed by atoms with Crippen LogP contribution >= 0.6 is 0 Å². The third-order valence-electron chi connectivity index (χ3n) is 2.03. The lowest BCUT2D eigenvalue weighted by molar-refractivity contribution is 0.554. The highest BCUT2D eigenvalue weighted by Gasteiger charge is 2.11. The maximum absolute atomic E-state index is 5.86. The Bertz CT molecular complexity index is 422. The molecule has 0 atom stereocenters. The van der Waals surface area contributed by atoms with Gasteiger partial charge >= 0.3 is 0 Å². The molecule has 17 heavy (non-hydrogen) atoms. The van der Waals surface area contributed by atoms with E-state index in [0.29, 0.717) is 0 Å². The van der Waals surface area contributed by atoms with Crippen LogP contribution in [0.4, 0.5) is 5.95 Å². The predicted octanol–water partition coefficient (Wildman–Crippen LogP) is 1.33. The first-order valence-corrected chi connectivity index (χ1v) is 5.22. The van der Waals surface area contributed by atoms with Crippen LogP contribution in [0.1, 0.15) is 19.4 Å².